The SMILES string of the molecule is Cc1n[nH]c(C)c1S(=O)(=O)N1CCCCO1. The van der Waals surface area contributed by atoms with E-state index >= 15 is 0 Å². The lowest BCUT2D eigenvalue weighted by Crippen LogP contribution is -2.36. The van der Waals surface area contributed by atoms with Gasteiger partial charge in [-0.1, -0.05) is 4.47 Å². The maximum atomic E-state index is 12.2. The van der Waals surface area contributed by atoms with Gasteiger partial charge < -0.3 is 0 Å². The minimum atomic E-state index is -3.56. The summed E-state index contributed by atoms with van der Waals surface area (Å²) >= 11 is 0. The van der Waals surface area contributed by atoms with Crippen LogP contribution >= 0.6 is 0 Å². The van der Waals surface area contributed by atoms with E-state index < -0.39 is 10.0 Å². The Hall–Kier alpha value is -0.920. The molecule has 0 amide bonds. The van der Waals surface area contributed by atoms with E-state index in [1.807, 2.05) is 0 Å². The highest BCUT2D eigenvalue weighted by molar-refractivity contribution is 7.89. The first-order valence-corrected chi connectivity index (χ1v) is 6.64. The monoisotopic (exact) mass is 245 g/mol. The van der Waals surface area contributed by atoms with Gasteiger partial charge in [-0.2, -0.15) is 5.10 Å². The van der Waals surface area contributed by atoms with Crippen LogP contribution in [0.4, 0.5) is 0 Å². The molecule has 1 N–H and O–H groups in total. The fraction of sp³-hybridized carbons (Fsp3) is 0.667. The molecule has 7 heteroatoms. The van der Waals surface area contributed by atoms with Crippen molar-refractivity contribution in [1.82, 2.24) is 14.7 Å². The summed E-state index contributed by atoms with van der Waals surface area (Å²) in [7, 11) is -3.56. The van der Waals surface area contributed by atoms with E-state index in [9.17, 15) is 8.42 Å². The molecule has 2 rings (SSSR count). The molecule has 1 fully saturated rings. The molecule has 6 nitrogen and oxygen atoms in total. The van der Waals surface area contributed by atoms with Crippen molar-refractivity contribution in [2.75, 3.05) is 13.2 Å². The van der Waals surface area contributed by atoms with Gasteiger partial charge in [0.2, 0.25) is 0 Å². The summed E-state index contributed by atoms with van der Waals surface area (Å²) in [5.74, 6) is 0. The fourth-order valence-corrected chi connectivity index (χ4v) is 3.42. The van der Waals surface area contributed by atoms with Gasteiger partial charge in [0.1, 0.15) is 4.90 Å². The van der Waals surface area contributed by atoms with Gasteiger partial charge in [-0.3, -0.25) is 9.94 Å². The summed E-state index contributed by atoms with van der Waals surface area (Å²) in [5, 5.41) is 6.56. The smallest absolute Gasteiger partial charge is 0.268 e. The van der Waals surface area contributed by atoms with Crippen molar-refractivity contribution in [3.05, 3.63) is 11.4 Å². The maximum absolute atomic E-state index is 12.2. The second kappa shape index (κ2) is 4.15. The molecular weight excluding hydrogens is 230 g/mol. The van der Waals surface area contributed by atoms with Crippen molar-refractivity contribution in [3.8, 4) is 0 Å². The largest absolute Gasteiger partial charge is 0.284 e. The van der Waals surface area contributed by atoms with E-state index in [0.29, 0.717) is 24.5 Å². The number of aryl methyl sites for hydroxylation is 2. The molecule has 1 saturated heterocycles. The molecule has 0 unspecified atom stereocenters. The number of nitrogens with zero attached hydrogens (tertiary/aromatic N) is 2. The highest BCUT2D eigenvalue weighted by Crippen LogP contribution is 2.23. The third kappa shape index (κ3) is 1.85. The average Bonchev–Trinajstić information content (AvgIpc) is 2.60. The normalized spacial score (nSPS) is 18.9. The Labute approximate surface area is 94.6 Å². The number of rotatable bonds is 2. The minimum absolute atomic E-state index is 0.231. The number of sulfonamides is 1. The summed E-state index contributed by atoms with van der Waals surface area (Å²) in [6, 6.07) is 0. The van der Waals surface area contributed by atoms with E-state index in [0.717, 1.165) is 17.3 Å². The molecular formula is C9H15N3O3S. The van der Waals surface area contributed by atoms with Gasteiger partial charge in [-0.05, 0) is 26.7 Å². The molecule has 1 aliphatic rings. The highest BCUT2D eigenvalue weighted by atomic mass is 32.2. The molecule has 1 aromatic rings. The van der Waals surface area contributed by atoms with Crippen LogP contribution in [0.15, 0.2) is 4.90 Å². The Bertz CT molecular complexity index is 455. The van der Waals surface area contributed by atoms with Crippen LogP contribution in [0.1, 0.15) is 24.2 Å². The molecule has 1 aromatic heterocycles. The van der Waals surface area contributed by atoms with Crippen LogP contribution in [0.3, 0.4) is 0 Å². The summed E-state index contributed by atoms with van der Waals surface area (Å²) in [6.07, 6.45) is 1.73. The number of hydroxylamine groups is 1. The molecule has 16 heavy (non-hydrogen) atoms. The number of aromatic nitrogens is 2. The van der Waals surface area contributed by atoms with E-state index in [-0.39, 0.29) is 4.90 Å². The lowest BCUT2D eigenvalue weighted by atomic mass is 10.3. The van der Waals surface area contributed by atoms with Crippen molar-refractivity contribution in [2.45, 2.75) is 31.6 Å². The van der Waals surface area contributed by atoms with Crippen LogP contribution in [0.5, 0.6) is 0 Å². The van der Waals surface area contributed by atoms with Crippen molar-refractivity contribution in [1.29, 1.82) is 0 Å². The predicted molar refractivity (Wildman–Crippen MR) is 57.1 cm³/mol. The summed E-state index contributed by atoms with van der Waals surface area (Å²) < 4.78 is 25.5. The topological polar surface area (TPSA) is 75.3 Å². The van der Waals surface area contributed by atoms with Crippen LogP contribution in [0.2, 0.25) is 0 Å². The zero-order valence-corrected chi connectivity index (χ0v) is 10.2. The zero-order valence-electron chi connectivity index (χ0n) is 9.36. The molecule has 0 saturated carbocycles. The number of nitrogens with one attached hydrogen (secondary N) is 1. The Balaban J connectivity index is 2.38. The van der Waals surface area contributed by atoms with Crippen LogP contribution in [0.25, 0.3) is 0 Å². The molecule has 0 bridgehead atoms. The Kier molecular flexibility index (Phi) is 3.00. The van der Waals surface area contributed by atoms with E-state index in [4.69, 9.17) is 4.84 Å². The molecule has 0 radical (unpaired) electrons. The zero-order chi connectivity index (χ0) is 11.8. The molecule has 2 heterocycles. The molecule has 0 spiro atoms. The molecule has 0 atom stereocenters. The van der Waals surface area contributed by atoms with Crippen LogP contribution in [-0.2, 0) is 14.9 Å². The van der Waals surface area contributed by atoms with E-state index in [1.54, 1.807) is 13.8 Å². The van der Waals surface area contributed by atoms with Gasteiger partial charge in [0.05, 0.1) is 18.0 Å². The third-order valence-corrected chi connectivity index (χ3v) is 4.50. The molecule has 1 aliphatic heterocycles. The molecule has 0 aliphatic carbocycles. The average molecular weight is 245 g/mol. The van der Waals surface area contributed by atoms with Crippen molar-refractivity contribution < 1.29 is 13.3 Å². The number of H-pyrrole nitrogens is 1. The Morgan fingerprint density at radius 3 is 2.62 bits per heavy atom. The summed E-state index contributed by atoms with van der Waals surface area (Å²) in [5.41, 5.74) is 1.03. The number of hydrogen-bond acceptors (Lipinski definition) is 4. The summed E-state index contributed by atoms with van der Waals surface area (Å²) in [4.78, 5) is 5.41. The lowest BCUT2D eigenvalue weighted by Gasteiger charge is -2.25. The lowest BCUT2D eigenvalue weighted by molar-refractivity contribution is -0.108. The minimum Gasteiger partial charge on any atom is -0.284 e. The van der Waals surface area contributed by atoms with Crippen LogP contribution in [0, 0.1) is 13.8 Å². The van der Waals surface area contributed by atoms with Crippen molar-refractivity contribution in [2.24, 2.45) is 0 Å². The van der Waals surface area contributed by atoms with E-state index in [2.05, 4.69) is 10.2 Å². The highest BCUT2D eigenvalue weighted by Gasteiger charge is 2.31. The second-order valence-electron chi connectivity index (χ2n) is 3.83. The van der Waals surface area contributed by atoms with Gasteiger partial charge in [0, 0.05) is 6.54 Å². The predicted octanol–water partition coefficient (Wildman–Crippen LogP) is 0.743. The van der Waals surface area contributed by atoms with E-state index in [1.165, 1.54) is 0 Å². The quantitative estimate of drug-likeness (QED) is 0.834. The first-order valence-electron chi connectivity index (χ1n) is 5.20. The van der Waals surface area contributed by atoms with Crippen molar-refractivity contribution >= 4 is 10.0 Å². The summed E-state index contributed by atoms with van der Waals surface area (Å²) in [6.45, 7) is 4.22. The number of hydrogen-bond donors (Lipinski definition) is 1. The van der Waals surface area contributed by atoms with Gasteiger partial charge in [-0.15, -0.1) is 0 Å². The number of aromatic amines is 1. The first-order chi connectivity index (χ1) is 7.53. The third-order valence-electron chi connectivity index (χ3n) is 2.56. The Morgan fingerprint density at radius 2 is 2.12 bits per heavy atom. The first kappa shape index (κ1) is 11.6. The standard InChI is InChI=1S/C9H15N3O3S/c1-7-9(8(2)11-10-7)16(13,14)12-5-3-4-6-15-12/h3-6H2,1-2H3,(H,10,11). The van der Waals surface area contributed by atoms with Gasteiger partial charge >= 0.3 is 0 Å². The Morgan fingerprint density at radius 1 is 1.38 bits per heavy atom. The van der Waals surface area contributed by atoms with Gasteiger partial charge in [0.25, 0.3) is 10.0 Å². The van der Waals surface area contributed by atoms with Crippen molar-refractivity contribution in [3.63, 3.8) is 0 Å². The fourth-order valence-electron chi connectivity index (χ4n) is 1.79. The molecule has 0 aromatic carbocycles. The van der Waals surface area contributed by atoms with Crippen LogP contribution < -0.4 is 0 Å². The van der Waals surface area contributed by atoms with Gasteiger partial charge in [0.15, 0.2) is 0 Å². The second-order valence-corrected chi connectivity index (χ2v) is 5.60. The maximum Gasteiger partial charge on any atom is 0.268 e. The van der Waals surface area contributed by atoms with Crippen LogP contribution in [-0.4, -0.2) is 36.2 Å². The molecule has 90 valence electrons. The van der Waals surface area contributed by atoms with Gasteiger partial charge in [-0.25, -0.2) is 8.42 Å².